The molecular formula is C12H22O4. The highest BCUT2D eigenvalue weighted by Gasteiger charge is 2.45. The molecule has 1 unspecified atom stereocenters. The second-order valence-corrected chi connectivity index (χ2v) is 3.92. The first-order valence-electron chi connectivity index (χ1n) is 5.95. The Kier molecular flexibility index (Phi) is 6.77. The highest BCUT2D eigenvalue weighted by Crippen LogP contribution is 2.31. The zero-order valence-corrected chi connectivity index (χ0v) is 10.4. The average Bonchev–Trinajstić information content (AvgIpc) is 2.24. The van der Waals surface area contributed by atoms with Gasteiger partial charge in [0.2, 0.25) is 0 Å². The van der Waals surface area contributed by atoms with Crippen molar-refractivity contribution in [2.45, 2.75) is 52.9 Å². The van der Waals surface area contributed by atoms with E-state index in [1.165, 1.54) is 0 Å². The SMILES string of the molecule is CCCCCC(CC)(C(=O)O)C(=O)OCC. The first kappa shape index (κ1) is 14.9. The van der Waals surface area contributed by atoms with Crippen LogP contribution in [0.5, 0.6) is 0 Å². The van der Waals surface area contributed by atoms with Gasteiger partial charge in [0.25, 0.3) is 0 Å². The maximum atomic E-state index is 11.7. The maximum absolute atomic E-state index is 11.7. The van der Waals surface area contributed by atoms with Crippen molar-refractivity contribution < 1.29 is 19.4 Å². The van der Waals surface area contributed by atoms with Gasteiger partial charge >= 0.3 is 11.9 Å². The van der Waals surface area contributed by atoms with E-state index in [2.05, 4.69) is 0 Å². The maximum Gasteiger partial charge on any atom is 0.323 e. The molecule has 0 spiro atoms. The normalized spacial score (nSPS) is 14.2. The number of carbonyl (C=O) groups excluding carboxylic acids is 1. The Labute approximate surface area is 97.0 Å². The summed E-state index contributed by atoms with van der Waals surface area (Å²) in [5.41, 5.74) is -1.34. The van der Waals surface area contributed by atoms with Crippen LogP contribution in [-0.2, 0) is 14.3 Å². The molecular weight excluding hydrogens is 208 g/mol. The van der Waals surface area contributed by atoms with Crippen LogP contribution in [0.1, 0.15) is 52.9 Å². The molecule has 1 N–H and O–H groups in total. The molecule has 0 bridgehead atoms. The van der Waals surface area contributed by atoms with Crippen molar-refractivity contribution in [2.75, 3.05) is 6.61 Å². The van der Waals surface area contributed by atoms with Gasteiger partial charge in [-0.3, -0.25) is 9.59 Å². The van der Waals surface area contributed by atoms with E-state index in [0.29, 0.717) is 6.42 Å². The van der Waals surface area contributed by atoms with Crippen LogP contribution in [-0.4, -0.2) is 23.7 Å². The molecule has 1 atom stereocenters. The fourth-order valence-electron chi connectivity index (χ4n) is 1.71. The van der Waals surface area contributed by atoms with Gasteiger partial charge in [-0.2, -0.15) is 0 Å². The van der Waals surface area contributed by atoms with E-state index in [4.69, 9.17) is 4.74 Å². The molecule has 0 heterocycles. The second-order valence-electron chi connectivity index (χ2n) is 3.92. The van der Waals surface area contributed by atoms with E-state index in [1.807, 2.05) is 6.92 Å². The largest absolute Gasteiger partial charge is 0.480 e. The van der Waals surface area contributed by atoms with Crippen molar-refractivity contribution in [2.24, 2.45) is 5.41 Å². The van der Waals surface area contributed by atoms with E-state index >= 15 is 0 Å². The third kappa shape index (κ3) is 3.51. The third-order valence-electron chi connectivity index (χ3n) is 2.89. The number of unbranched alkanes of at least 4 members (excludes halogenated alkanes) is 2. The monoisotopic (exact) mass is 230 g/mol. The van der Waals surface area contributed by atoms with Gasteiger partial charge in [0.1, 0.15) is 0 Å². The highest BCUT2D eigenvalue weighted by atomic mass is 16.5. The number of carbonyl (C=O) groups is 2. The van der Waals surface area contributed by atoms with Crippen molar-refractivity contribution in [1.29, 1.82) is 0 Å². The van der Waals surface area contributed by atoms with Crippen molar-refractivity contribution in [3.63, 3.8) is 0 Å². The minimum absolute atomic E-state index is 0.224. The Balaban J connectivity index is 4.71. The Morgan fingerprint density at radius 1 is 1.19 bits per heavy atom. The van der Waals surface area contributed by atoms with Gasteiger partial charge in [-0.25, -0.2) is 0 Å². The predicted molar refractivity (Wildman–Crippen MR) is 61.1 cm³/mol. The van der Waals surface area contributed by atoms with E-state index in [-0.39, 0.29) is 13.0 Å². The lowest BCUT2D eigenvalue weighted by Crippen LogP contribution is -2.40. The summed E-state index contributed by atoms with van der Waals surface area (Å²) in [5.74, 6) is -1.66. The molecule has 94 valence electrons. The molecule has 0 aromatic heterocycles. The van der Waals surface area contributed by atoms with Crippen LogP contribution in [0.15, 0.2) is 0 Å². The topological polar surface area (TPSA) is 63.6 Å². The Hall–Kier alpha value is -1.06. The van der Waals surface area contributed by atoms with Crippen LogP contribution in [0.3, 0.4) is 0 Å². The van der Waals surface area contributed by atoms with E-state index in [9.17, 15) is 14.7 Å². The fraction of sp³-hybridized carbons (Fsp3) is 0.833. The summed E-state index contributed by atoms with van der Waals surface area (Å²) in [6.07, 6.45) is 3.34. The molecule has 0 amide bonds. The van der Waals surface area contributed by atoms with Crippen LogP contribution in [0.2, 0.25) is 0 Å². The Bertz CT molecular complexity index is 237. The zero-order valence-electron chi connectivity index (χ0n) is 10.4. The highest BCUT2D eigenvalue weighted by molar-refractivity contribution is 5.99. The van der Waals surface area contributed by atoms with E-state index in [0.717, 1.165) is 19.3 Å². The first-order chi connectivity index (χ1) is 7.55. The summed E-state index contributed by atoms with van der Waals surface area (Å²) in [7, 11) is 0. The van der Waals surface area contributed by atoms with Crippen LogP contribution in [0.25, 0.3) is 0 Å². The molecule has 4 nitrogen and oxygen atoms in total. The summed E-state index contributed by atoms with van der Waals surface area (Å²) < 4.78 is 4.87. The number of ether oxygens (including phenoxy) is 1. The minimum Gasteiger partial charge on any atom is -0.480 e. The number of rotatable bonds is 8. The molecule has 0 aliphatic carbocycles. The fourth-order valence-corrected chi connectivity index (χ4v) is 1.71. The molecule has 0 rings (SSSR count). The number of esters is 1. The van der Waals surface area contributed by atoms with Gasteiger partial charge in [-0.1, -0.05) is 33.1 Å². The molecule has 0 aliphatic heterocycles. The number of hydrogen-bond acceptors (Lipinski definition) is 3. The molecule has 4 heteroatoms. The Morgan fingerprint density at radius 2 is 1.81 bits per heavy atom. The minimum atomic E-state index is -1.34. The van der Waals surface area contributed by atoms with Crippen molar-refractivity contribution in [3.8, 4) is 0 Å². The van der Waals surface area contributed by atoms with Gasteiger partial charge < -0.3 is 9.84 Å². The van der Waals surface area contributed by atoms with Gasteiger partial charge in [-0.05, 0) is 19.8 Å². The Morgan fingerprint density at radius 3 is 2.19 bits per heavy atom. The summed E-state index contributed by atoms with van der Waals surface area (Å²) in [6.45, 7) is 5.67. The summed E-state index contributed by atoms with van der Waals surface area (Å²) in [5, 5.41) is 9.22. The number of hydrogen-bond donors (Lipinski definition) is 1. The standard InChI is InChI=1S/C12H22O4/c1-4-7-8-9-12(5-2,10(13)14)11(15)16-6-3/h4-9H2,1-3H3,(H,13,14). The lowest BCUT2D eigenvalue weighted by molar-refractivity contribution is -0.169. The molecule has 0 saturated carbocycles. The number of aliphatic carboxylic acids is 1. The molecule has 0 aromatic rings. The van der Waals surface area contributed by atoms with Crippen molar-refractivity contribution in [1.82, 2.24) is 0 Å². The molecule has 0 aliphatic rings. The third-order valence-corrected chi connectivity index (χ3v) is 2.89. The predicted octanol–water partition coefficient (Wildman–Crippen LogP) is 2.61. The van der Waals surface area contributed by atoms with Crippen LogP contribution < -0.4 is 0 Å². The summed E-state index contributed by atoms with van der Waals surface area (Å²) in [4.78, 5) is 23.0. The van der Waals surface area contributed by atoms with Gasteiger partial charge in [0.05, 0.1) is 6.61 Å². The van der Waals surface area contributed by atoms with Crippen molar-refractivity contribution >= 4 is 11.9 Å². The second kappa shape index (κ2) is 7.25. The molecule has 0 saturated heterocycles. The zero-order chi connectivity index (χ0) is 12.6. The van der Waals surface area contributed by atoms with Crippen LogP contribution >= 0.6 is 0 Å². The number of carboxylic acids is 1. The van der Waals surface area contributed by atoms with Crippen molar-refractivity contribution in [3.05, 3.63) is 0 Å². The first-order valence-corrected chi connectivity index (χ1v) is 5.95. The quantitative estimate of drug-likeness (QED) is 0.395. The van der Waals surface area contributed by atoms with Crippen LogP contribution in [0, 0.1) is 5.41 Å². The van der Waals surface area contributed by atoms with E-state index < -0.39 is 17.4 Å². The van der Waals surface area contributed by atoms with Gasteiger partial charge in [0.15, 0.2) is 5.41 Å². The lowest BCUT2D eigenvalue weighted by atomic mass is 9.80. The van der Waals surface area contributed by atoms with E-state index in [1.54, 1.807) is 13.8 Å². The molecule has 0 radical (unpaired) electrons. The van der Waals surface area contributed by atoms with Crippen LogP contribution in [0.4, 0.5) is 0 Å². The van der Waals surface area contributed by atoms with Gasteiger partial charge in [-0.15, -0.1) is 0 Å². The summed E-state index contributed by atoms with van der Waals surface area (Å²) >= 11 is 0. The van der Waals surface area contributed by atoms with Gasteiger partial charge in [0, 0.05) is 0 Å². The molecule has 16 heavy (non-hydrogen) atoms. The number of carboxylic acid groups (broad SMARTS) is 1. The molecule has 0 aromatic carbocycles. The lowest BCUT2D eigenvalue weighted by Gasteiger charge is -2.25. The average molecular weight is 230 g/mol. The summed E-state index contributed by atoms with van der Waals surface area (Å²) in [6, 6.07) is 0. The smallest absolute Gasteiger partial charge is 0.323 e. The molecule has 0 fully saturated rings.